The van der Waals surface area contributed by atoms with Crippen LogP contribution in [0.5, 0.6) is 0 Å². The van der Waals surface area contributed by atoms with Gasteiger partial charge in [0, 0.05) is 6.04 Å². The van der Waals surface area contributed by atoms with E-state index in [-0.39, 0.29) is 0 Å². The summed E-state index contributed by atoms with van der Waals surface area (Å²) in [5, 5.41) is 3.49. The van der Waals surface area contributed by atoms with Crippen LogP contribution in [0.25, 0.3) is 0 Å². The van der Waals surface area contributed by atoms with E-state index < -0.39 is 0 Å². The van der Waals surface area contributed by atoms with Crippen LogP contribution in [0.15, 0.2) is 0 Å². The molecule has 2 fully saturated rings. The van der Waals surface area contributed by atoms with Gasteiger partial charge in [-0.05, 0) is 31.2 Å². The molecule has 1 heterocycles. The Morgan fingerprint density at radius 3 is 3.00 bits per heavy atom. The highest BCUT2D eigenvalue weighted by atomic mass is 15.0. The highest BCUT2D eigenvalue weighted by molar-refractivity contribution is 4.98. The summed E-state index contributed by atoms with van der Waals surface area (Å²) in [6.45, 7) is 3.65. The van der Waals surface area contributed by atoms with Crippen molar-refractivity contribution in [2.75, 3.05) is 6.54 Å². The van der Waals surface area contributed by atoms with Crippen molar-refractivity contribution >= 4 is 0 Å². The van der Waals surface area contributed by atoms with E-state index in [1.54, 1.807) is 0 Å². The van der Waals surface area contributed by atoms with E-state index in [2.05, 4.69) is 12.2 Å². The third-order valence-electron chi connectivity index (χ3n) is 2.58. The first-order valence-corrected chi connectivity index (χ1v) is 3.61. The van der Waals surface area contributed by atoms with Gasteiger partial charge in [-0.25, -0.2) is 0 Å². The van der Waals surface area contributed by atoms with Gasteiger partial charge in [0.1, 0.15) is 0 Å². The highest BCUT2D eigenvalue weighted by Gasteiger charge is 2.42. The van der Waals surface area contributed by atoms with E-state index in [1.165, 1.54) is 19.4 Å². The molecule has 0 aromatic heterocycles. The van der Waals surface area contributed by atoms with Crippen molar-refractivity contribution in [3.05, 3.63) is 0 Å². The third-order valence-corrected chi connectivity index (χ3v) is 2.58. The Morgan fingerprint density at radius 1 is 1.50 bits per heavy atom. The topological polar surface area (TPSA) is 12.0 Å². The molecule has 0 aromatic rings. The standard InChI is InChI=1S/C7H13N/c1-5-2-3-8-7-4-6(5)7/h5-8H,2-4H2,1H3. The quantitative estimate of drug-likeness (QED) is 0.492. The summed E-state index contributed by atoms with van der Waals surface area (Å²) < 4.78 is 0. The van der Waals surface area contributed by atoms with Gasteiger partial charge in [0.15, 0.2) is 0 Å². The molecule has 8 heavy (non-hydrogen) atoms. The molecule has 2 rings (SSSR count). The lowest BCUT2D eigenvalue weighted by Gasteiger charge is -2.16. The number of fused-ring (bicyclic) bond motifs is 1. The van der Waals surface area contributed by atoms with Crippen molar-refractivity contribution in [1.82, 2.24) is 5.32 Å². The van der Waals surface area contributed by atoms with Crippen molar-refractivity contribution in [2.45, 2.75) is 25.8 Å². The van der Waals surface area contributed by atoms with Crippen LogP contribution < -0.4 is 5.32 Å². The third kappa shape index (κ3) is 0.576. The Bertz CT molecular complexity index is 101. The lowest BCUT2D eigenvalue weighted by Crippen LogP contribution is -2.28. The van der Waals surface area contributed by atoms with Crippen LogP contribution in [0.3, 0.4) is 0 Å². The van der Waals surface area contributed by atoms with E-state index in [1.807, 2.05) is 0 Å². The van der Waals surface area contributed by atoms with E-state index in [9.17, 15) is 0 Å². The summed E-state index contributed by atoms with van der Waals surface area (Å²) in [5.74, 6) is 2.07. The van der Waals surface area contributed by atoms with Crippen LogP contribution in [-0.2, 0) is 0 Å². The molecule has 3 unspecified atom stereocenters. The molecular formula is C7H13N. The van der Waals surface area contributed by atoms with Crippen LogP contribution in [0.4, 0.5) is 0 Å². The number of hydrogen-bond acceptors (Lipinski definition) is 1. The molecule has 1 saturated carbocycles. The largest absolute Gasteiger partial charge is 0.314 e. The average Bonchev–Trinajstić information content (AvgIpc) is 2.45. The van der Waals surface area contributed by atoms with E-state index >= 15 is 0 Å². The SMILES string of the molecule is CC1CCNC2CC12. The van der Waals surface area contributed by atoms with Crippen LogP contribution >= 0.6 is 0 Å². The summed E-state index contributed by atoms with van der Waals surface area (Å²) in [6.07, 6.45) is 2.86. The van der Waals surface area contributed by atoms with Crippen molar-refractivity contribution in [3.63, 3.8) is 0 Å². The van der Waals surface area contributed by atoms with Crippen molar-refractivity contribution in [3.8, 4) is 0 Å². The van der Waals surface area contributed by atoms with Gasteiger partial charge >= 0.3 is 0 Å². The first-order valence-electron chi connectivity index (χ1n) is 3.61. The Morgan fingerprint density at radius 2 is 2.38 bits per heavy atom. The molecule has 0 bridgehead atoms. The van der Waals surface area contributed by atoms with Crippen LogP contribution in [0.2, 0.25) is 0 Å². The van der Waals surface area contributed by atoms with Crippen LogP contribution in [-0.4, -0.2) is 12.6 Å². The summed E-state index contributed by atoms with van der Waals surface area (Å²) in [4.78, 5) is 0. The molecule has 3 atom stereocenters. The molecule has 1 N–H and O–H groups in total. The minimum absolute atomic E-state index is 0.929. The smallest absolute Gasteiger partial charge is 0.0102 e. The van der Waals surface area contributed by atoms with Crippen molar-refractivity contribution < 1.29 is 0 Å². The van der Waals surface area contributed by atoms with Gasteiger partial charge in [-0.1, -0.05) is 6.92 Å². The first kappa shape index (κ1) is 4.80. The zero-order valence-corrected chi connectivity index (χ0v) is 5.35. The maximum Gasteiger partial charge on any atom is 0.0102 e. The lowest BCUT2D eigenvalue weighted by atomic mass is 10.00. The fraction of sp³-hybridized carbons (Fsp3) is 1.00. The molecule has 2 aliphatic rings. The van der Waals surface area contributed by atoms with Gasteiger partial charge in [0.05, 0.1) is 0 Å². The molecule has 1 saturated heterocycles. The minimum atomic E-state index is 0.929. The maximum absolute atomic E-state index is 3.49. The van der Waals surface area contributed by atoms with E-state index in [0.29, 0.717) is 0 Å². The number of hydrogen-bond donors (Lipinski definition) is 1. The molecule has 1 aliphatic carbocycles. The fourth-order valence-electron chi connectivity index (χ4n) is 1.79. The second-order valence-electron chi connectivity index (χ2n) is 3.23. The zero-order chi connectivity index (χ0) is 5.56. The molecule has 46 valence electrons. The Balaban J connectivity index is 1.99. The fourth-order valence-corrected chi connectivity index (χ4v) is 1.79. The lowest BCUT2D eigenvalue weighted by molar-refractivity contribution is 0.383. The summed E-state index contributed by atoms with van der Waals surface area (Å²) in [5.41, 5.74) is 0. The van der Waals surface area contributed by atoms with Crippen molar-refractivity contribution in [2.24, 2.45) is 11.8 Å². The zero-order valence-electron chi connectivity index (χ0n) is 5.35. The van der Waals surface area contributed by atoms with E-state index in [0.717, 1.165) is 17.9 Å². The molecule has 0 aromatic carbocycles. The molecule has 0 spiro atoms. The van der Waals surface area contributed by atoms with Gasteiger partial charge in [-0.2, -0.15) is 0 Å². The van der Waals surface area contributed by atoms with Gasteiger partial charge in [-0.3, -0.25) is 0 Å². The van der Waals surface area contributed by atoms with Gasteiger partial charge in [-0.15, -0.1) is 0 Å². The summed E-state index contributed by atoms with van der Waals surface area (Å²) >= 11 is 0. The maximum atomic E-state index is 3.49. The molecular weight excluding hydrogens is 98.1 g/mol. The van der Waals surface area contributed by atoms with Crippen LogP contribution in [0.1, 0.15) is 19.8 Å². The number of nitrogens with one attached hydrogen (secondary N) is 1. The molecule has 0 amide bonds. The number of rotatable bonds is 0. The monoisotopic (exact) mass is 111 g/mol. The first-order chi connectivity index (χ1) is 3.88. The molecule has 0 radical (unpaired) electrons. The normalized spacial score (nSPS) is 52.9. The second-order valence-corrected chi connectivity index (χ2v) is 3.23. The average molecular weight is 111 g/mol. The predicted octanol–water partition coefficient (Wildman–Crippen LogP) is 1.00. The minimum Gasteiger partial charge on any atom is -0.314 e. The second kappa shape index (κ2) is 1.47. The predicted molar refractivity (Wildman–Crippen MR) is 33.7 cm³/mol. The Kier molecular flexibility index (Phi) is 0.884. The molecule has 1 aliphatic heterocycles. The van der Waals surface area contributed by atoms with E-state index in [4.69, 9.17) is 0 Å². The Hall–Kier alpha value is -0.0400. The summed E-state index contributed by atoms with van der Waals surface area (Å²) in [6, 6.07) is 0.929. The van der Waals surface area contributed by atoms with Gasteiger partial charge in [0.2, 0.25) is 0 Å². The highest BCUT2D eigenvalue weighted by Crippen LogP contribution is 2.41. The van der Waals surface area contributed by atoms with Crippen LogP contribution in [0, 0.1) is 11.8 Å². The molecule has 1 heteroatoms. The Labute approximate surface area is 50.5 Å². The van der Waals surface area contributed by atoms with Crippen molar-refractivity contribution in [1.29, 1.82) is 0 Å². The molecule has 1 nitrogen and oxygen atoms in total. The van der Waals surface area contributed by atoms with Gasteiger partial charge < -0.3 is 5.32 Å². The van der Waals surface area contributed by atoms with Gasteiger partial charge in [0.25, 0.3) is 0 Å². The number of piperidine rings is 1. The summed E-state index contributed by atoms with van der Waals surface area (Å²) in [7, 11) is 0.